The molecule has 0 radical (unpaired) electrons. The van der Waals surface area contributed by atoms with Crippen LogP contribution in [0.1, 0.15) is 34.4 Å². The van der Waals surface area contributed by atoms with Crippen LogP contribution in [0.5, 0.6) is 0 Å². The third-order valence-corrected chi connectivity index (χ3v) is 4.73. The van der Waals surface area contributed by atoms with Gasteiger partial charge in [-0.1, -0.05) is 23.8 Å². The number of aromatic nitrogens is 2. The summed E-state index contributed by atoms with van der Waals surface area (Å²) in [6, 6.07) is 16.2. The summed E-state index contributed by atoms with van der Waals surface area (Å²) in [7, 11) is 0. The second-order valence-electron chi connectivity index (χ2n) is 7.44. The Morgan fingerprint density at radius 1 is 1.10 bits per heavy atom. The van der Waals surface area contributed by atoms with Gasteiger partial charge in [-0.25, -0.2) is 4.68 Å². The molecule has 3 rings (SSSR count). The Morgan fingerprint density at radius 2 is 1.74 bits per heavy atom. The van der Waals surface area contributed by atoms with Crippen molar-refractivity contribution in [1.82, 2.24) is 9.78 Å². The van der Waals surface area contributed by atoms with Crippen molar-refractivity contribution in [2.75, 3.05) is 17.6 Å². The van der Waals surface area contributed by atoms with E-state index in [0.717, 1.165) is 28.1 Å². The highest BCUT2D eigenvalue weighted by atomic mass is 127. The summed E-state index contributed by atoms with van der Waals surface area (Å²) in [4.78, 5) is 4.38. The SMILES string of the molecule is Cc1ccc(-n2nc(CCCN=C(N)Nc3cc(C)cc(C)c3)c(C#N)c2N)cc1.I. The van der Waals surface area contributed by atoms with Gasteiger partial charge in [-0.15, -0.1) is 24.0 Å². The third kappa shape index (κ3) is 6.21. The van der Waals surface area contributed by atoms with Gasteiger partial charge in [0.05, 0.1) is 11.4 Å². The number of nitriles is 1. The molecule has 7 nitrogen and oxygen atoms in total. The molecule has 1 heterocycles. The number of nitrogen functional groups attached to an aromatic ring is 1. The van der Waals surface area contributed by atoms with E-state index < -0.39 is 0 Å². The molecule has 0 aliphatic rings. The van der Waals surface area contributed by atoms with Crippen LogP contribution < -0.4 is 16.8 Å². The van der Waals surface area contributed by atoms with E-state index in [1.807, 2.05) is 57.2 Å². The lowest BCUT2D eigenvalue weighted by Crippen LogP contribution is -2.23. The van der Waals surface area contributed by atoms with Gasteiger partial charge in [0.2, 0.25) is 0 Å². The Labute approximate surface area is 200 Å². The van der Waals surface area contributed by atoms with Gasteiger partial charge in [-0.2, -0.15) is 10.4 Å². The number of anilines is 2. The summed E-state index contributed by atoms with van der Waals surface area (Å²) in [6.45, 7) is 6.62. The van der Waals surface area contributed by atoms with Crippen molar-refractivity contribution < 1.29 is 0 Å². The molecule has 0 aliphatic heterocycles. The number of nitrogens with one attached hydrogen (secondary N) is 1. The molecule has 31 heavy (non-hydrogen) atoms. The molecule has 0 aliphatic carbocycles. The van der Waals surface area contributed by atoms with Crippen molar-refractivity contribution in [2.45, 2.75) is 33.6 Å². The minimum atomic E-state index is 0. The fourth-order valence-corrected chi connectivity index (χ4v) is 3.34. The number of rotatable bonds is 6. The summed E-state index contributed by atoms with van der Waals surface area (Å²) in [5.74, 6) is 0.723. The van der Waals surface area contributed by atoms with Crippen LogP contribution in [0.2, 0.25) is 0 Å². The van der Waals surface area contributed by atoms with Crippen molar-refractivity contribution in [2.24, 2.45) is 10.7 Å². The van der Waals surface area contributed by atoms with Crippen LogP contribution >= 0.6 is 24.0 Å². The molecule has 5 N–H and O–H groups in total. The van der Waals surface area contributed by atoms with Gasteiger partial charge >= 0.3 is 0 Å². The van der Waals surface area contributed by atoms with Gasteiger partial charge in [-0.05, 0) is 69.0 Å². The highest BCUT2D eigenvalue weighted by molar-refractivity contribution is 14.0. The van der Waals surface area contributed by atoms with Crippen LogP contribution in [-0.2, 0) is 6.42 Å². The second-order valence-corrected chi connectivity index (χ2v) is 7.44. The van der Waals surface area contributed by atoms with Gasteiger partial charge < -0.3 is 16.8 Å². The average molecular weight is 529 g/mol. The predicted molar refractivity (Wildman–Crippen MR) is 137 cm³/mol. The van der Waals surface area contributed by atoms with Crippen molar-refractivity contribution in [3.63, 3.8) is 0 Å². The van der Waals surface area contributed by atoms with E-state index in [-0.39, 0.29) is 24.0 Å². The van der Waals surface area contributed by atoms with Crippen LogP contribution in [0.3, 0.4) is 0 Å². The van der Waals surface area contributed by atoms with Gasteiger partial charge in [0.15, 0.2) is 5.96 Å². The zero-order chi connectivity index (χ0) is 21.7. The molecule has 0 spiro atoms. The van der Waals surface area contributed by atoms with Gasteiger partial charge in [0.25, 0.3) is 0 Å². The fourth-order valence-electron chi connectivity index (χ4n) is 3.34. The number of nitrogens with two attached hydrogens (primary N) is 2. The smallest absolute Gasteiger partial charge is 0.193 e. The minimum absolute atomic E-state index is 0. The second kappa shape index (κ2) is 10.8. The largest absolute Gasteiger partial charge is 0.382 e. The number of nitrogens with zero attached hydrogens (tertiary/aromatic N) is 4. The molecule has 2 aromatic carbocycles. The van der Waals surface area contributed by atoms with E-state index in [9.17, 15) is 5.26 Å². The van der Waals surface area contributed by atoms with Crippen LogP contribution in [0.25, 0.3) is 5.69 Å². The number of aliphatic imine (C=N–C) groups is 1. The first-order chi connectivity index (χ1) is 14.4. The van der Waals surface area contributed by atoms with Crippen molar-refractivity contribution in [3.8, 4) is 11.8 Å². The van der Waals surface area contributed by atoms with Crippen molar-refractivity contribution in [1.29, 1.82) is 5.26 Å². The molecule has 0 saturated heterocycles. The molecule has 1 aromatic heterocycles. The molecular formula is C23H28IN7. The van der Waals surface area contributed by atoms with Crippen molar-refractivity contribution >= 4 is 41.4 Å². The van der Waals surface area contributed by atoms with E-state index in [1.54, 1.807) is 4.68 Å². The van der Waals surface area contributed by atoms with E-state index in [4.69, 9.17) is 11.5 Å². The number of hydrogen-bond acceptors (Lipinski definition) is 4. The maximum atomic E-state index is 9.52. The van der Waals surface area contributed by atoms with Gasteiger partial charge in [-0.3, -0.25) is 4.99 Å². The molecular weight excluding hydrogens is 501 g/mol. The zero-order valence-electron chi connectivity index (χ0n) is 18.0. The first-order valence-electron chi connectivity index (χ1n) is 9.87. The van der Waals surface area contributed by atoms with Crippen LogP contribution in [0.15, 0.2) is 47.5 Å². The topological polar surface area (TPSA) is 118 Å². The Morgan fingerprint density at radius 3 is 2.35 bits per heavy atom. The summed E-state index contributed by atoms with van der Waals surface area (Å²) in [5.41, 5.74) is 18.5. The normalized spacial score (nSPS) is 11.0. The molecule has 0 saturated carbocycles. The zero-order valence-corrected chi connectivity index (χ0v) is 20.3. The number of hydrogen-bond donors (Lipinski definition) is 3. The Balaban J connectivity index is 0.00000341. The summed E-state index contributed by atoms with van der Waals surface area (Å²) in [5, 5.41) is 17.2. The highest BCUT2D eigenvalue weighted by Gasteiger charge is 2.16. The van der Waals surface area contributed by atoms with Crippen LogP contribution in [0, 0.1) is 32.1 Å². The molecule has 0 fully saturated rings. The van der Waals surface area contributed by atoms with Gasteiger partial charge in [0.1, 0.15) is 17.5 Å². The molecule has 0 atom stereocenters. The first kappa shape index (κ1) is 24.2. The van der Waals surface area contributed by atoms with Gasteiger partial charge in [0, 0.05) is 12.2 Å². The van der Waals surface area contributed by atoms with E-state index >= 15 is 0 Å². The number of benzene rings is 2. The van der Waals surface area contributed by atoms with Crippen LogP contribution in [-0.4, -0.2) is 22.3 Å². The van der Waals surface area contributed by atoms with E-state index in [0.29, 0.717) is 42.4 Å². The monoisotopic (exact) mass is 529 g/mol. The lowest BCUT2D eigenvalue weighted by Gasteiger charge is -2.08. The highest BCUT2D eigenvalue weighted by Crippen LogP contribution is 2.22. The van der Waals surface area contributed by atoms with Crippen LogP contribution in [0.4, 0.5) is 11.5 Å². The maximum absolute atomic E-state index is 9.52. The molecule has 0 amide bonds. The molecule has 8 heteroatoms. The predicted octanol–water partition coefficient (Wildman–Crippen LogP) is 4.23. The summed E-state index contributed by atoms with van der Waals surface area (Å²) < 4.78 is 1.62. The minimum Gasteiger partial charge on any atom is -0.382 e. The van der Waals surface area contributed by atoms with E-state index in [1.165, 1.54) is 0 Å². The summed E-state index contributed by atoms with van der Waals surface area (Å²) >= 11 is 0. The molecule has 162 valence electrons. The maximum Gasteiger partial charge on any atom is 0.193 e. The fraction of sp³-hybridized carbons (Fsp3) is 0.261. The average Bonchev–Trinajstić information content (AvgIpc) is 3.00. The Kier molecular flexibility index (Phi) is 8.45. The Bertz CT molecular complexity index is 1090. The lowest BCUT2D eigenvalue weighted by atomic mass is 10.1. The third-order valence-electron chi connectivity index (χ3n) is 4.73. The summed E-state index contributed by atoms with van der Waals surface area (Å²) in [6.07, 6.45) is 1.29. The number of halogens is 1. The van der Waals surface area contributed by atoms with Crippen molar-refractivity contribution in [3.05, 3.63) is 70.4 Å². The Hall–Kier alpha value is -3.06. The molecule has 0 bridgehead atoms. The first-order valence-corrected chi connectivity index (χ1v) is 9.87. The molecule has 0 unspecified atom stereocenters. The van der Waals surface area contributed by atoms with E-state index in [2.05, 4.69) is 27.5 Å². The number of guanidine groups is 1. The number of aryl methyl sites for hydroxylation is 4. The molecule has 3 aromatic rings. The lowest BCUT2D eigenvalue weighted by molar-refractivity contribution is 0.776. The quantitative estimate of drug-likeness (QED) is 0.191. The standard InChI is InChI=1S/C23H27N7.HI/c1-15-6-8-19(9-7-15)30-22(25)20(14-24)21(29-30)5-4-10-27-23(26)28-18-12-16(2)11-17(3)13-18;/h6-9,11-13H,4-5,10,25H2,1-3H3,(H3,26,27,28);1H.